The Morgan fingerprint density at radius 3 is 2.56 bits per heavy atom. The first-order chi connectivity index (χ1) is 7.45. The Bertz CT molecular complexity index is 336. The van der Waals surface area contributed by atoms with E-state index >= 15 is 0 Å². The first kappa shape index (κ1) is 13.4. The van der Waals surface area contributed by atoms with E-state index in [4.69, 9.17) is 9.84 Å². The monoisotopic (exact) mass is 251 g/mol. The number of methoxy groups -OCH3 is 1. The third kappa shape index (κ3) is 4.46. The van der Waals surface area contributed by atoms with Gasteiger partial charge in [0.15, 0.2) is 0 Å². The minimum atomic E-state index is -3.51. The van der Waals surface area contributed by atoms with E-state index in [-0.39, 0.29) is 12.4 Å². The summed E-state index contributed by atoms with van der Waals surface area (Å²) in [5, 5.41) is 8.67. The van der Waals surface area contributed by atoms with Crippen molar-refractivity contribution < 1.29 is 23.1 Å². The van der Waals surface area contributed by atoms with Crippen LogP contribution in [0.1, 0.15) is 12.8 Å². The fraction of sp³-hybridized carbons (Fsp3) is 0.889. The van der Waals surface area contributed by atoms with E-state index in [0.29, 0.717) is 12.5 Å². The number of rotatable bonds is 8. The maximum absolute atomic E-state index is 11.8. The van der Waals surface area contributed by atoms with Crippen LogP contribution < -0.4 is 0 Å². The van der Waals surface area contributed by atoms with Crippen LogP contribution in [-0.2, 0) is 19.6 Å². The van der Waals surface area contributed by atoms with Crippen molar-refractivity contribution in [3.8, 4) is 0 Å². The largest absolute Gasteiger partial charge is 0.480 e. The lowest BCUT2D eigenvalue weighted by Gasteiger charge is -2.19. The fourth-order valence-corrected chi connectivity index (χ4v) is 2.71. The van der Waals surface area contributed by atoms with Crippen LogP contribution in [0.2, 0.25) is 0 Å². The lowest BCUT2D eigenvalue weighted by molar-refractivity contribution is -0.137. The van der Waals surface area contributed by atoms with Crippen LogP contribution in [0.25, 0.3) is 0 Å². The number of carbonyl (C=O) groups is 1. The van der Waals surface area contributed by atoms with Gasteiger partial charge in [-0.3, -0.25) is 4.79 Å². The summed E-state index contributed by atoms with van der Waals surface area (Å²) in [5.41, 5.74) is 0. The zero-order valence-electron chi connectivity index (χ0n) is 9.26. The van der Waals surface area contributed by atoms with E-state index in [1.165, 1.54) is 7.11 Å². The summed E-state index contributed by atoms with van der Waals surface area (Å²) >= 11 is 0. The summed E-state index contributed by atoms with van der Waals surface area (Å²) in [4.78, 5) is 10.6. The van der Waals surface area contributed by atoms with Gasteiger partial charge in [0.25, 0.3) is 0 Å². The normalized spacial score (nSPS) is 16.6. The number of sulfonamides is 1. The summed E-state index contributed by atoms with van der Waals surface area (Å²) in [6.45, 7) is -0.0516. The SMILES string of the molecule is COCCS(=O)(=O)N(CC(=O)O)CC1CC1. The molecule has 0 saturated heterocycles. The highest BCUT2D eigenvalue weighted by molar-refractivity contribution is 7.89. The van der Waals surface area contributed by atoms with E-state index in [0.717, 1.165) is 17.1 Å². The highest BCUT2D eigenvalue weighted by Gasteiger charge is 2.31. The second-order valence-electron chi connectivity index (χ2n) is 3.94. The van der Waals surface area contributed by atoms with Crippen LogP contribution in [-0.4, -0.2) is 56.4 Å². The summed E-state index contributed by atoms with van der Waals surface area (Å²) in [6.07, 6.45) is 1.96. The van der Waals surface area contributed by atoms with Gasteiger partial charge in [-0.05, 0) is 18.8 Å². The Morgan fingerprint density at radius 2 is 2.12 bits per heavy atom. The number of aliphatic carboxylic acids is 1. The molecule has 0 aromatic carbocycles. The molecule has 0 radical (unpaired) electrons. The van der Waals surface area contributed by atoms with Crippen LogP contribution in [0, 0.1) is 5.92 Å². The Hall–Kier alpha value is -0.660. The molecule has 0 aliphatic heterocycles. The molecular formula is C9H17NO5S. The maximum Gasteiger partial charge on any atom is 0.318 e. The molecular weight excluding hydrogens is 234 g/mol. The van der Waals surface area contributed by atoms with E-state index in [2.05, 4.69) is 0 Å². The molecule has 0 spiro atoms. The summed E-state index contributed by atoms with van der Waals surface area (Å²) in [5.74, 6) is -0.956. The highest BCUT2D eigenvalue weighted by Crippen LogP contribution is 2.30. The van der Waals surface area contributed by atoms with Gasteiger partial charge in [-0.25, -0.2) is 8.42 Å². The van der Waals surface area contributed by atoms with Crippen molar-refractivity contribution >= 4 is 16.0 Å². The molecule has 0 atom stereocenters. The molecule has 16 heavy (non-hydrogen) atoms. The van der Waals surface area contributed by atoms with E-state index < -0.39 is 22.5 Å². The molecule has 1 aliphatic carbocycles. The Labute approximate surface area is 95.2 Å². The van der Waals surface area contributed by atoms with E-state index in [1.807, 2.05) is 0 Å². The number of hydrogen-bond acceptors (Lipinski definition) is 4. The van der Waals surface area contributed by atoms with Crippen LogP contribution in [0.4, 0.5) is 0 Å². The third-order valence-corrected chi connectivity index (χ3v) is 4.16. The van der Waals surface area contributed by atoms with Crippen molar-refractivity contribution in [3.05, 3.63) is 0 Å². The number of nitrogens with zero attached hydrogens (tertiary/aromatic N) is 1. The molecule has 0 heterocycles. The maximum atomic E-state index is 11.8. The van der Waals surface area contributed by atoms with Gasteiger partial charge >= 0.3 is 5.97 Å². The van der Waals surface area contributed by atoms with E-state index in [1.54, 1.807) is 0 Å². The van der Waals surface area contributed by atoms with Gasteiger partial charge in [0, 0.05) is 13.7 Å². The molecule has 0 amide bonds. The molecule has 1 rings (SSSR count). The van der Waals surface area contributed by atoms with Crippen molar-refractivity contribution in [1.82, 2.24) is 4.31 Å². The van der Waals surface area contributed by atoms with Crippen LogP contribution in [0.5, 0.6) is 0 Å². The Kier molecular flexibility index (Phi) is 4.69. The highest BCUT2D eigenvalue weighted by atomic mass is 32.2. The molecule has 0 bridgehead atoms. The minimum Gasteiger partial charge on any atom is -0.480 e. The van der Waals surface area contributed by atoms with Crippen molar-refractivity contribution in [2.24, 2.45) is 5.92 Å². The van der Waals surface area contributed by atoms with E-state index in [9.17, 15) is 13.2 Å². The van der Waals surface area contributed by atoms with Gasteiger partial charge in [-0.1, -0.05) is 0 Å². The summed E-state index contributed by atoms with van der Waals surface area (Å²) in [7, 11) is -2.09. The first-order valence-electron chi connectivity index (χ1n) is 5.14. The van der Waals surface area contributed by atoms with Crippen LogP contribution in [0.15, 0.2) is 0 Å². The average Bonchev–Trinajstić information content (AvgIpc) is 2.97. The zero-order valence-corrected chi connectivity index (χ0v) is 10.1. The van der Waals surface area contributed by atoms with Gasteiger partial charge in [0.1, 0.15) is 6.54 Å². The molecule has 94 valence electrons. The predicted molar refractivity (Wildman–Crippen MR) is 57.6 cm³/mol. The number of carboxylic acid groups (broad SMARTS) is 1. The minimum absolute atomic E-state index is 0.0864. The molecule has 0 aromatic rings. The predicted octanol–water partition coefficient (Wildman–Crippen LogP) is -0.241. The van der Waals surface area contributed by atoms with Gasteiger partial charge in [-0.2, -0.15) is 4.31 Å². The van der Waals surface area contributed by atoms with Gasteiger partial charge in [0.05, 0.1) is 12.4 Å². The van der Waals surface area contributed by atoms with Crippen LogP contribution in [0.3, 0.4) is 0 Å². The lowest BCUT2D eigenvalue weighted by atomic mass is 10.4. The molecule has 0 unspecified atom stereocenters. The zero-order chi connectivity index (χ0) is 12.2. The van der Waals surface area contributed by atoms with Gasteiger partial charge < -0.3 is 9.84 Å². The number of hydrogen-bond donors (Lipinski definition) is 1. The van der Waals surface area contributed by atoms with Gasteiger partial charge in [0.2, 0.25) is 10.0 Å². The molecule has 1 aliphatic rings. The molecule has 1 N–H and O–H groups in total. The molecule has 7 heteroatoms. The van der Waals surface area contributed by atoms with Gasteiger partial charge in [-0.15, -0.1) is 0 Å². The second-order valence-corrected chi connectivity index (χ2v) is 6.03. The molecule has 6 nitrogen and oxygen atoms in total. The average molecular weight is 251 g/mol. The van der Waals surface area contributed by atoms with Crippen LogP contribution >= 0.6 is 0 Å². The second kappa shape index (κ2) is 5.60. The fourth-order valence-electron chi connectivity index (χ4n) is 1.33. The van der Waals surface area contributed by atoms with Crippen molar-refractivity contribution in [2.75, 3.05) is 32.6 Å². The standard InChI is InChI=1S/C9H17NO5S/c1-15-4-5-16(13,14)10(7-9(11)12)6-8-2-3-8/h8H,2-7H2,1H3,(H,11,12). The quantitative estimate of drug-likeness (QED) is 0.643. The Balaban J connectivity index is 2.60. The Morgan fingerprint density at radius 1 is 1.50 bits per heavy atom. The van der Waals surface area contributed by atoms with Crippen molar-refractivity contribution in [3.63, 3.8) is 0 Å². The third-order valence-electron chi connectivity index (χ3n) is 2.41. The number of ether oxygens (including phenoxy) is 1. The van der Waals surface area contributed by atoms with Crippen molar-refractivity contribution in [1.29, 1.82) is 0 Å². The molecule has 0 aromatic heterocycles. The smallest absolute Gasteiger partial charge is 0.318 e. The molecule has 1 saturated carbocycles. The number of carboxylic acids is 1. The molecule has 1 fully saturated rings. The topological polar surface area (TPSA) is 83.9 Å². The summed E-state index contributed by atoms with van der Waals surface area (Å²) < 4.78 is 29.3. The first-order valence-corrected chi connectivity index (χ1v) is 6.75. The summed E-state index contributed by atoms with van der Waals surface area (Å²) in [6, 6.07) is 0. The van der Waals surface area contributed by atoms with Crippen molar-refractivity contribution in [2.45, 2.75) is 12.8 Å². The lowest BCUT2D eigenvalue weighted by Crippen LogP contribution is -2.39.